The van der Waals surface area contributed by atoms with Gasteiger partial charge in [0.15, 0.2) is 0 Å². The summed E-state index contributed by atoms with van der Waals surface area (Å²) in [5, 5.41) is 10.6. The molecule has 0 aromatic rings. The van der Waals surface area contributed by atoms with Crippen LogP contribution < -0.4 is 0 Å². The summed E-state index contributed by atoms with van der Waals surface area (Å²) in [6, 6.07) is 0. The van der Waals surface area contributed by atoms with E-state index >= 15 is 0 Å². The molecular weight excluding hydrogens is 238 g/mol. The predicted molar refractivity (Wildman–Crippen MR) is 70.2 cm³/mol. The Hall–Kier alpha value is -0.280. The van der Waals surface area contributed by atoms with E-state index in [9.17, 15) is 9.90 Å². The first-order valence-electron chi connectivity index (χ1n) is 6.59. The summed E-state index contributed by atoms with van der Waals surface area (Å²) >= 11 is 6.42. The zero-order valence-electron chi connectivity index (χ0n) is 11.1. The lowest BCUT2D eigenvalue weighted by atomic mass is 9.75. The Balaban J connectivity index is 2.88. The highest BCUT2D eigenvalue weighted by Crippen LogP contribution is 2.41. The van der Waals surface area contributed by atoms with Crippen LogP contribution in [0.4, 0.5) is 0 Å². The normalized spacial score (nSPS) is 22.9. The molecule has 0 saturated heterocycles. The molecule has 1 saturated carbocycles. The topological polar surface area (TPSA) is 40.5 Å². The smallest absolute Gasteiger partial charge is 0.246 e. The number of carbonyl (C=O) groups excluding carboxylic acids is 1. The summed E-state index contributed by atoms with van der Waals surface area (Å²) in [5.74, 6) is -0.145. The first-order chi connectivity index (χ1) is 7.89. The maximum absolute atomic E-state index is 12.4. The first-order valence-corrected chi connectivity index (χ1v) is 6.97. The lowest BCUT2D eigenvalue weighted by molar-refractivity contribution is -0.143. The molecule has 1 aliphatic rings. The van der Waals surface area contributed by atoms with E-state index in [2.05, 4.69) is 0 Å². The fourth-order valence-electron chi connectivity index (χ4n) is 2.61. The fraction of sp³-hybridized carbons (Fsp3) is 0.923. The summed E-state index contributed by atoms with van der Waals surface area (Å²) in [5.41, 5.74) is -1.05. The van der Waals surface area contributed by atoms with Crippen LogP contribution in [0.3, 0.4) is 0 Å². The van der Waals surface area contributed by atoms with Gasteiger partial charge in [0.25, 0.3) is 0 Å². The fourth-order valence-corrected chi connectivity index (χ4v) is 2.92. The molecule has 0 aromatic heterocycles. The van der Waals surface area contributed by atoms with Crippen LogP contribution in [-0.4, -0.2) is 39.5 Å². The van der Waals surface area contributed by atoms with Crippen molar-refractivity contribution in [2.24, 2.45) is 0 Å². The zero-order valence-corrected chi connectivity index (χ0v) is 11.9. The zero-order chi connectivity index (χ0) is 13.1. The molecule has 1 fully saturated rings. The standard InChI is InChI=1S/C13H24ClNO2/c1-4-15(5-2)11(16)12(3,14)13(17)9-7-6-8-10-13/h17H,4-10H2,1-3H3. The number of carbonyl (C=O) groups is 1. The van der Waals surface area contributed by atoms with E-state index in [1.165, 1.54) is 0 Å². The Morgan fingerprint density at radius 3 is 2.18 bits per heavy atom. The summed E-state index contributed by atoms with van der Waals surface area (Å²) in [7, 11) is 0. The van der Waals surface area contributed by atoms with Gasteiger partial charge in [-0.05, 0) is 33.6 Å². The number of nitrogens with zero attached hydrogens (tertiary/aromatic N) is 1. The number of alkyl halides is 1. The van der Waals surface area contributed by atoms with Crippen molar-refractivity contribution in [3.05, 3.63) is 0 Å². The largest absolute Gasteiger partial charge is 0.388 e. The molecule has 1 atom stereocenters. The highest BCUT2D eigenvalue weighted by molar-refractivity contribution is 6.35. The van der Waals surface area contributed by atoms with Crippen LogP contribution in [0.2, 0.25) is 0 Å². The molecule has 0 radical (unpaired) electrons. The van der Waals surface area contributed by atoms with Gasteiger partial charge >= 0.3 is 0 Å². The molecule has 1 aliphatic carbocycles. The molecule has 0 bridgehead atoms. The molecule has 0 spiro atoms. The molecule has 1 amide bonds. The lowest BCUT2D eigenvalue weighted by Crippen LogP contribution is -2.59. The summed E-state index contributed by atoms with van der Waals surface area (Å²) < 4.78 is 0. The first kappa shape index (κ1) is 14.8. The van der Waals surface area contributed by atoms with Crippen LogP contribution in [0.15, 0.2) is 0 Å². The summed E-state index contributed by atoms with van der Waals surface area (Å²) in [6.45, 7) is 6.79. The maximum atomic E-state index is 12.4. The Kier molecular flexibility index (Phi) is 4.85. The minimum Gasteiger partial charge on any atom is -0.388 e. The number of hydrogen-bond donors (Lipinski definition) is 1. The molecule has 0 heterocycles. The second kappa shape index (κ2) is 5.57. The van der Waals surface area contributed by atoms with E-state index < -0.39 is 10.5 Å². The third-order valence-electron chi connectivity index (χ3n) is 4.01. The quantitative estimate of drug-likeness (QED) is 0.790. The molecule has 3 nitrogen and oxygen atoms in total. The van der Waals surface area contributed by atoms with Crippen molar-refractivity contribution in [2.75, 3.05) is 13.1 Å². The average molecular weight is 262 g/mol. The van der Waals surface area contributed by atoms with E-state index in [4.69, 9.17) is 11.6 Å². The minimum absolute atomic E-state index is 0.145. The van der Waals surface area contributed by atoms with Crippen molar-refractivity contribution in [1.82, 2.24) is 4.90 Å². The van der Waals surface area contributed by atoms with E-state index in [0.29, 0.717) is 25.9 Å². The van der Waals surface area contributed by atoms with E-state index in [1.807, 2.05) is 13.8 Å². The third kappa shape index (κ3) is 2.76. The molecule has 1 N–H and O–H groups in total. The van der Waals surface area contributed by atoms with Gasteiger partial charge in [0.2, 0.25) is 5.91 Å². The van der Waals surface area contributed by atoms with Crippen LogP contribution >= 0.6 is 11.6 Å². The van der Waals surface area contributed by atoms with Crippen LogP contribution in [-0.2, 0) is 4.79 Å². The van der Waals surface area contributed by atoms with Gasteiger partial charge in [0, 0.05) is 13.1 Å². The van der Waals surface area contributed by atoms with Crippen molar-refractivity contribution in [3.8, 4) is 0 Å². The van der Waals surface area contributed by atoms with Gasteiger partial charge in [-0.1, -0.05) is 19.3 Å². The van der Waals surface area contributed by atoms with Gasteiger partial charge in [0.05, 0.1) is 5.60 Å². The number of amides is 1. The number of aliphatic hydroxyl groups is 1. The van der Waals surface area contributed by atoms with E-state index in [1.54, 1.807) is 11.8 Å². The number of hydrogen-bond acceptors (Lipinski definition) is 2. The minimum atomic E-state index is -1.19. The summed E-state index contributed by atoms with van der Waals surface area (Å²) in [4.78, 5) is 12.9. The number of halogens is 1. The molecule has 4 heteroatoms. The Bertz CT molecular complexity index is 269. The lowest BCUT2D eigenvalue weighted by Gasteiger charge is -2.44. The molecule has 0 aromatic carbocycles. The monoisotopic (exact) mass is 261 g/mol. The van der Waals surface area contributed by atoms with Crippen LogP contribution in [0.25, 0.3) is 0 Å². The average Bonchev–Trinajstić information content (AvgIpc) is 2.31. The SMILES string of the molecule is CCN(CC)C(=O)C(C)(Cl)C1(O)CCCCC1. The highest BCUT2D eigenvalue weighted by Gasteiger charge is 2.52. The highest BCUT2D eigenvalue weighted by atomic mass is 35.5. The summed E-state index contributed by atoms with van der Waals surface area (Å²) in [6.07, 6.45) is 4.27. The van der Waals surface area contributed by atoms with E-state index in [-0.39, 0.29) is 5.91 Å². The Morgan fingerprint density at radius 1 is 1.29 bits per heavy atom. The van der Waals surface area contributed by atoms with Crippen LogP contribution in [0.1, 0.15) is 52.9 Å². The second-order valence-electron chi connectivity index (χ2n) is 5.07. The second-order valence-corrected chi connectivity index (χ2v) is 5.83. The number of rotatable bonds is 4. The molecule has 1 unspecified atom stereocenters. The third-order valence-corrected chi connectivity index (χ3v) is 4.52. The Morgan fingerprint density at radius 2 is 1.76 bits per heavy atom. The van der Waals surface area contributed by atoms with Gasteiger partial charge in [-0.3, -0.25) is 4.79 Å². The van der Waals surface area contributed by atoms with Gasteiger partial charge in [0.1, 0.15) is 4.87 Å². The van der Waals surface area contributed by atoms with Gasteiger partial charge in [-0.25, -0.2) is 0 Å². The molecule has 1 rings (SSSR count). The van der Waals surface area contributed by atoms with E-state index in [0.717, 1.165) is 19.3 Å². The van der Waals surface area contributed by atoms with Crippen LogP contribution in [0, 0.1) is 0 Å². The molecular formula is C13H24ClNO2. The van der Waals surface area contributed by atoms with Crippen molar-refractivity contribution < 1.29 is 9.90 Å². The van der Waals surface area contributed by atoms with Gasteiger partial charge in [-0.2, -0.15) is 0 Å². The molecule has 0 aliphatic heterocycles. The van der Waals surface area contributed by atoms with Crippen molar-refractivity contribution in [1.29, 1.82) is 0 Å². The maximum Gasteiger partial charge on any atom is 0.246 e. The van der Waals surface area contributed by atoms with Crippen LogP contribution in [0.5, 0.6) is 0 Å². The Labute approximate surface area is 109 Å². The van der Waals surface area contributed by atoms with Gasteiger partial charge in [-0.15, -0.1) is 11.6 Å². The molecule has 17 heavy (non-hydrogen) atoms. The predicted octanol–water partition coefficient (Wildman–Crippen LogP) is 2.55. The van der Waals surface area contributed by atoms with Gasteiger partial charge < -0.3 is 10.0 Å². The van der Waals surface area contributed by atoms with Crippen molar-refractivity contribution >= 4 is 17.5 Å². The van der Waals surface area contributed by atoms with Crippen molar-refractivity contribution in [2.45, 2.75) is 63.4 Å². The van der Waals surface area contributed by atoms with Crippen molar-refractivity contribution in [3.63, 3.8) is 0 Å². The molecule has 100 valence electrons.